The van der Waals surface area contributed by atoms with Crippen LogP contribution >= 0.6 is 63.7 Å². The highest BCUT2D eigenvalue weighted by Gasteiger charge is 2.41. The molecule has 0 unspecified atom stereocenters. The van der Waals surface area contributed by atoms with Gasteiger partial charge in [-0.2, -0.15) is 13.2 Å². The maximum Gasteiger partial charge on any atom is 0.454 e. The molecule has 0 amide bonds. The average Bonchev–Trinajstić information content (AvgIpc) is 2.25. The summed E-state index contributed by atoms with van der Waals surface area (Å²) in [7, 11) is 0. The van der Waals surface area contributed by atoms with E-state index in [4.69, 9.17) is 0 Å². The van der Waals surface area contributed by atoms with Gasteiger partial charge in [-0.15, -0.1) is 0 Å². The summed E-state index contributed by atoms with van der Waals surface area (Å²) >= 11 is 12.6. The lowest BCUT2D eigenvalue weighted by atomic mass is 10.0. The van der Waals surface area contributed by atoms with Crippen LogP contribution in [0.3, 0.4) is 0 Å². The summed E-state index contributed by atoms with van der Waals surface area (Å²) in [5.74, 6) is -1.86. The van der Waals surface area contributed by atoms with Crippen LogP contribution in [0.5, 0.6) is 0 Å². The van der Waals surface area contributed by atoms with Crippen LogP contribution in [0.15, 0.2) is 18.2 Å². The quantitative estimate of drug-likeness (QED) is 0.355. The van der Waals surface area contributed by atoms with E-state index in [1.165, 1.54) is 12.1 Å². The van der Waals surface area contributed by atoms with E-state index in [1.807, 2.05) is 0 Å². The summed E-state index contributed by atoms with van der Waals surface area (Å²) in [5.41, 5.74) is 0.399. The van der Waals surface area contributed by atoms with Gasteiger partial charge in [0.05, 0.1) is 7.47 Å². The SMILES string of the molecule is O=C(c1cc(C(Br)Br)ccc1C(Br)Br)C(F)(F)F. The molecule has 1 aromatic carbocycles. The molecule has 1 nitrogen and oxygen atoms in total. The van der Waals surface area contributed by atoms with E-state index < -0.39 is 15.7 Å². The van der Waals surface area contributed by atoms with Crippen LogP contribution in [0.2, 0.25) is 0 Å². The number of ketones is 1. The molecule has 1 aromatic rings. The van der Waals surface area contributed by atoms with Crippen molar-refractivity contribution in [3.05, 3.63) is 34.9 Å². The second kappa shape index (κ2) is 6.37. The molecule has 0 saturated heterocycles. The van der Waals surface area contributed by atoms with Gasteiger partial charge in [-0.25, -0.2) is 0 Å². The Bertz CT molecular complexity index is 457. The molecular formula is C10H5Br4F3O. The third-order valence-electron chi connectivity index (χ3n) is 2.07. The highest BCUT2D eigenvalue weighted by molar-refractivity contribution is 9.24. The Morgan fingerprint density at radius 2 is 1.61 bits per heavy atom. The third-order valence-corrected chi connectivity index (χ3v) is 4.11. The van der Waals surface area contributed by atoms with Crippen molar-refractivity contribution in [3.8, 4) is 0 Å². The molecule has 0 aromatic heterocycles. The number of hydrogen-bond acceptors (Lipinski definition) is 1. The predicted molar refractivity (Wildman–Crippen MR) is 78.0 cm³/mol. The summed E-state index contributed by atoms with van der Waals surface area (Å²) in [5, 5.41) is 0. The summed E-state index contributed by atoms with van der Waals surface area (Å²) in [6, 6.07) is 4.32. The lowest BCUT2D eigenvalue weighted by molar-refractivity contribution is -0.0885. The lowest BCUT2D eigenvalue weighted by Gasteiger charge is -2.14. The molecule has 0 heterocycles. The lowest BCUT2D eigenvalue weighted by Crippen LogP contribution is -2.24. The maximum atomic E-state index is 12.5. The van der Waals surface area contributed by atoms with E-state index in [-0.39, 0.29) is 14.9 Å². The molecule has 0 fully saturated rings. The molecule has 0 aliphatic carbocycles. The van der Waals surface area contributed by atoms with Gasteiger partial charge in [-0.3, -0.25) is 4.79 Å². The molecule has 0 atom stereocenters. The fraction of sp³-hybridized carbons (Fsp3) is 0.300. The number of alkyl halides is 7. The van der Waals surface area contributed by atoms with Crippen molar-refractivity contribution in [2.75, 3.05) is 0 Å². The normalized spacial score (nSPS) is 12.3. The molecule has 0 N–H and O–H groups in total. The number of Topliss-reactive ketones (excluding diaryl/α,β-unsaturated/α-hetero) is 1. The molecule has 0 aliphatic rings. The van der Waals surface area contributed by atoms with E-state index in [0.29, 0.717) is 5.56 Å². The second-order valence-electron chi connectivity index (χ2n) is 3.27. The van der Waals surface area contributed by atoms with Crippen LogP contribution in [-0.2, 0) is 0 Å². The van der Waals surface area contributed by atoms with Gasteiger partial charge in [0, 0.05) is 5.56 Å². The molecule has 0 spiro atoms. The Balaban J connectivity index is 3.37. The Morgan fingerprint density at radius 3 is 2.00 bits per heavy atom. The number of rotatable bonds is 3. The van der Waals surface area contributed by atoms with Crippen molar-refractivity contribution in [1.82, 2.24) is 0 Å². The van der Waals surface area contributed by atoms with E-state index in [2.05, 4.69) is 63.7 Å². The summed E-state index contributed by atoms with van der Waals surface area (Å²) in [4.78, 5) is 11.4. The van der Waals surface area contributed by atoms with E-state index in [1.54, 1.807) is 6.07 Å². The minimum absolute atomic E-state index is 0.238. The Hall–Kier alpha value is 0.600. The number of halogens is 7. The number of carbonyl (C=O) groups excluding carboxylic acids is 1. The fourth-order valence-electron chi connectivity index (χ4n) is 1.25. The van der Waals surface area contributed by atoms with Gasteiger partial charge in [0.1, 0.15) is 0 Å². The first kappa shape index (κ1) is 16.7. The van der Waals surface area contributed by atoms with Crippen LogP contribution in [0.25, 0.3) is 0 Å². The van der Waals surface area contributed by atoms with Crippen molar-refractivity contribution in [1.29, 1.82) is 0 Å². The number of benzene rings is 1. The van der Waals surface area contributed by atoms with Crippen molar-refractivity contribution in [2.45, 2.75) is 13.6 Å². The first-order chi connectivity index (χ1) is 8.14. The Morgan fingerprint density at radius 1 is 1.06 bits per heavy atom. The molecular weight excluding hydrogens is 513 g/mol. The van der Waals surface area contributed by atoms with Gasteiger partial charge in [0.25, 0.3) is 5.78 Å². The molecule has 8 heteroatoms. The highest BCUT2D eigenvalue weighted by atomic mass is 79.9. The number of carbonyl (C=O) groups is 1. The minimum Gasteiger partial charge on any atom is -0.284 e. The van der Waals surface area contributed by atoms with Crippen LogP contribution in [0.4, 0.5) is 13.2 Å². The van der Waals surface area contributed by atoms with Crippen molar-refractivity contribution in [3.63, 3.8) is 0 Å². The van der Waals surface area contributed by atoms with Gasteiger partial charge in [-0.05, 0) is 17.2 Å². The molecule has 0 aliphatic heterocycles. The third kappa shape index (κ3) is 4.05. The summed E-state index contributed by atoms with van der Waals surface area (Å²) in [6.07, 6.45) is -4.89. The monoisotopic (exact) mass is 514 g/mol. The zero-order valence-electron chi connectivity index (χ0n) is 8.44. The number of hydrogen-bond donors (Lipinski definition) is 0. The molecule has 100 valence electrons. The van der Waals surface area contributed by atoms with Crippen LogP contribution in [0, 0.1) is 0 Å². The molecule has 0 radical (unpaired) electrons. The van der Waals surface area contributed by atoms with Crippen molar-refractivity contribution in [2.24, 2.45) is 0 Å². The predicted octanol–water partition coefficient (Wildman–Crippen LogP) is 6.01. The zero-order chi connectivity index (χ0) is 14.1. The average molecular weight is 518 g/mol. The largest absolute Gasteiger partial charge is 0.454 e. The molecule has 1 rings (SSSR count). The van der Waals surface area contributed by atoms with Gasteiger partial charge in [0.15, 0.2) is 0 Å². The van der Waals surface area contributed by atoms with Gasteiger partial charge in [-0.1, -0.05) is 75.9 Å². The smallest absolute Gasteiger partial charge is 0.284 e. The van der Waals surface area contributed by atoms with Crippen LogP contribution in [-0.4, -0.2) is 12.0 Å². The summed E-state index contributed by atoms with van der Waals surface area (Å²) in [6.45, 7) is 0. The van der Waals surface area contributed by atoms with Gasteiger partial charge in [0.2, 0.25) is 0 Å². The van der Waals surface area contributed by atoms with Crippen LogP contribution in [0.1, 0.15) is 29.0 Å². The van der Waals surface area contributed by atoms with Gasteiger partial charge >= 0.3 is 6.18 Å². The fourth-order valence-corrected chi connectivity index (χ4v) is 2.62. The zero-order valence-corrected chi connectivity index (χ0v) is 14.8. The minimum atomic E-state index is -4.89. The first-order valence-corrected chi connectivity index (χ1v) is 8.12. The van der Waals surface area contributed by atoms with E-state index >= 15 is 0 Å². The highest BCUT2D eigenvalue weighted by Crippen LogP contribution is 2.38. The van der Waals surface area contributed by atoms with E-state index in [0.717, 1.165) is 0 Å². The first-order valence-electron chi connectivity index (χ1n) is 4.46. The molecule has 0 saturated carbocycles. The Kier molecular flexibility index (Phi) is 5.89. The Labute approximate surface area is 135 Å². The van der Waals surface area contributed by atoms with Crippen LogP contribution < -0.4 is 0 Å². The van der Waals surface area contributed by atoms with E-state index in [9.17, 15) is 18.0 Å². The van der Waals surface area contributed by atoms with Crippen molar-refractivity contribution < 1.29 is 18.0 Å². The van der Waals surface area contributed by atoms with Gasteiger partial charge < -0.3 is 0 Å². The summed E-state index contributed by atoms with van der Waals surface area (Å²) < 4.78 is 36.7. The molecule has 18 heavy (non-hydrogen) atoms. The maximum absolute atomic E-state index is 12.5. The molecule has 0 bridgehead atoms. The topological polar surface area (TPSA) is 17.1 Å². The van der Waals surface area contributed by atoms with Crippen molar-refractivity contribution >= 4 is 69.5 Å². The second-order valence-corrected chi connectivity index (χ2v) is 9.40. The standard InChI is InChI=1S/C10H5Br4F3O/c11-8(12)4-1-2-5(9(13)14)6(3-4)7(18)10(15,16)17/h1-3,8-9H.